The van der Waals surface area contributed by atoms with Crippen molar-refractivity contribution in [3.63, 3.8) is 0 Å². The fraction of sp³-hybridized carbons (Fsp3) is 0.368. The number of carbonyl (C=O) groups is 2. The molecule has 1 aromatic carbocycles. The van der Waals surface area contributed by atoms with Gasteiger partial charge in [0.2, 0.25) is 5.95 Å². The predicted molar refractivity (Wildman–Crippen MR) is 107 cm³/mol. The van der Waals surface area contributed by atoms with Crippen LogP contribution in [0.25, 0.3) is 11.0 Å². The van der Waals surface area contributed by atoms with E-state index in [0.29, 0.717) is 12.1 Å². The monoisotopic (exact) mass is 397 g/mol. The van der Waals surface area contributed by atoms with Crippen molar-refractivity contribution >= 4 is 28.8 Å². The first-order valence-electron chi connectivity index (χ1n) is 9.59. The second-order valence-corrected chi connectivity index (χ2v) is 6.96. The SMILES string of the molecule is NC(=O)c1[nH]cnc1C(=O)Nc1nc2ccc(OCCCN3CCCC3)cc2[nH]1. The van der Waals surface area contributed by atoms with E-state index in [4.69, 9.17) is 10.5 Å². The number of anilines is 1. The third kappa shape index (κ3) is 4.37. The van der Waals surface area contributed by atoms with Crippen LogP contribution >= 0.6 is 0 Å². The first kappa shape index (κ1) is 18.9. The molecule has 4 rings (SSSR count). The lowest BCUT2D eigenvalue weighted by Crippen LogP contribution is -2.21. The molecule has 2 aromatic heterocycles. The molecule has 0 bridgehead atoms. The van der Waals surface area contributed by atoms with Gasteiger partial charge in [-0.25, -0.2) is 9.97 Å². The van der Waals surface area contributed by atoms with E-state index >= 15 is 0 Å². The van der Waals surface area contributed by atoms with Gasteiger partial charge in [0, 0.05) is 12.6 Å². The van der Waals surface area contributed by atoms with Gasteiger partial charge in [0.15, 0.2) is 5.69 Å². The topological polar surface area (TPSA) is 142 Å². The summed E-state index contributed by atoms with van der Waals surface area (Å²) in [6.45, 7) is 4.08. The maximum atomic E-state index is 12.3. The molecule has 0 unspecified atom stereocenters. The predicted octanol–water partition coefficient (Wildman–Crippen LogP) is 1.50. The van der Waals surface area contributed by atoms with Gasteiger partial charge in [0.1, 0.15) is 11.4 Å². The van der Waals surface area contributed by atoms with Gasteiger partial charge in [-0.05, 0) is 44.5 Å². The lowest BCUT2D eigenvalue weighted by molar-refractivity contribution is 0.0972. The zero-order valence-corrected chi connectivity index (χ0v) is 15.9. The second-order valence-electron chi connectivity index (χ2n) is 6.96. The van der Waals surface area contributed by atoms with Gasteiger partial charge in [0.05, 0.1) is 24.0 Å². The van der Waals surface area contributed by atoms with Gasteiger partial charge >= 0.3 is 0 Å². The standard InChI is InChI=1S/C19H23N7O3/c20-17(27)15-16(22-11-21-15)18(28)25-19-23-13-5-4-12(10-14(13)24-19)29-9-3-8-26-6-1-2-7-26/h4-5,10-11H,1-3,6-9H2,(H2,20,27)(H,21,22)(H2,23,24,25,28). The quantitative estimate of drug-likeness (QED) is 0.424. The van der Waals surface area contributed by atoms with Crippen molar-refractivity contribution in [2.75, 3.05) is 31.6 Å². The summed E-state index contributed by atoms with van der Waals surface area (Å²) in [6, 6.07) is 5.52. The minimum absolute atomic E-state index is 0.0526. The highest BCUT2D eigenvalue weighted by atomic mass is 16.5. The van der Waals surface area contributed by atoms with Crippen molar-refractivity contribution in [2.24, 2.45) is 5.73 Å². The fourth-order valence-electron chi connectivity index (χ4n) is 3.44. The Kier molecular flexibility index (Phi) is 5.43. The van der Waals surface area contributed by atoms with E-state index in [0.717, 1.165) is 24.2 Å². The smallest absolute Gasteiger partial charge is 0.279 e. The van der Waals surface area contributed by atoms with Crippen LogP contribution in [0.3, 0.4) is 0 Å². The summed E-state index contributed by atoms with van der Waals surface area (Å²) in [7, 11) is 0. The molecule has 1 fully saturated rings. The number of nitrogens with one attached hydrogen (secondary N) is 3. The average molecular weight is 397 g/mol. The van der Waals surface area contributed by atoms with Crippen LogP contribution in [0.1, 0.15) is 40.2 Å². The molecule has 0 saturated carbocycles. The number of ether oxygens (including phenoxy) is 1. The van der Waals surface area contributed by atoms with Gasteiger partial charge in [-0.1, -0.05) is 0 Å². The molecular weight excluding hydrogens is 374 g/mol. The van der Waals surface area contributed by atoms with Crippen LogP contribution in [0.4, 0.5) is 5.95 Å². The van der Waals surface area contributed by atoms with E-state index in [1.54, 1.807) is 0 Å². The summed E-state index contributed by atoms with van der Waals surface area (Å²) in [5.41, 5.74) is 6.50. The largest absolute Gasteiger partial charge is 0.493 e. The number of aromatic amines is 2. The molecule has 1 aliphatic heterocycles. The molecule has 0 aliphatic carbocycles. The maximum absolute atomic E-state index is 12.3. The van der Waals surface area contributed by atoms with Crippen molar-refractivity contribution in [3.8, 4) is 5.75 Å². The Morgan fingerprint density at radius 3 is 2.90 bits per heavy atom. The normalized spacial score (nSPS) is 14.3. The van der Waals surface area contributed by atoms with Gasteiger partial charge < -0.3 is 25.3 Å². The summed E-state index contributed by atoms with van der Waals surface area (Å²) in [5, 5.41) is 2.59. The molecule has 3 heterocycles. The van der Waals surface area contributed by atoms with E-state index in [1.807, 2.05) is 18.2 Å². The van der Waals surface area contributed by atoms with Gasteiger partial charge in [-0.3, -0.25) is 14.9 Å². The number of carbonyl (C=O) groups excluding carboxylic acids is 2. The van der Waals surface area contributed by atoms with Crippen LogP contribution in [0.5, 0.6) is 5.75 Å². The molecule has 152 valence electrons. The molecule has 10 heteroatoms. The summed E-state index contributed by atoms with van der Waals surface area (Å²) in [5.74, 6) is -0.361. The number of imidazole rings is 2. The van der Waals surface area contributed by atoms with E-state index < -0.39 is 11.8 Å². The number of primary amides is 1. The lowest BCUT2D eigenvalue weighted by Gasteiger charge is -2.14. The van der Waals surface area contributed by atoms with Crippen LogP contribution in [0.15, 0.2) is 24.5 Å². The number of benzene rings is 1. The highest BCUT2D eigenvalue weighted by molar-refractivity contribution is 6.09. The van der Waals surface area contributed by atoms with Crippen molar-refractivity contribution in [3.05, 3.63) is 35.9 Å². The van der Waals surface area contributed by atoms with E-state index in [2.05, 4.69) is 30.2 Å². The third-order valence-corrected chi connectivity index (χ3v) is 4.87. The van der Waals surface area contributed by atoms with Gasteiger partial charge in [-0.2, -0.15) is 0 Å². The highest BCUT2D eigenvalue weighted by Crippen LogP contribution is 2.21. The van der Waals surface area contributed by atoms with Gasteiger partial charge in [0.25, 0.3) is 11.8 Å². The second kappa shape index (κ2) is 8.31. The number of nitrogens with zero attached hydrogens (tertiary/aromatic N) is 3. The molecule has 2 amide bonds. The molecule has 5 N–H and O–H groups in total. The van der Waals surface area contributed by atoms with E-state index in [1.165, 1.54) is 32.3 Å². The van der Waals surface area contributed by atoms with Crippen LogP contribution in [0, 0.1) is 0 Å². The number of aromatic nitrogens is 4. The molecule has 0 spiro atoms. The van der Waals surface area contributed by atoms with Gasteiger partial charge in [-0.15, -0.1) is 0 Å². The Hall–Kier alpha value is -3.40. The van der Waals surface area contributed by atoms with Crippen molar-refractivity contribution in [1.82, 2.24) is 24.8 Å². The van der Waals surface area contributed by atoms with E-state index in [9.17, 15) is 9.59 Å². The Morgan fingerprint density at radius 2 is 2.10 bits per heavy atom. The van der Waals surface area contributed by atoms with E-state index in [-0.39, 0.29) is 17.3 Å². The van der Waals surface area contributed by atoms with Crippen molar-refractivity contribution in [1.29, 1.82) is 0 Å². The number of amides is 2. The van der Waals surface area contributed by atoms with Crippen LogP contribution in [-0.2, 0) is 0 Å². The zero-order valence-electron chi connectivity index (χ0n) is 15.9. The Labute approximate surface area is 166 Å². The lowest BCUT2D eigenvalue weighted by atomic mass is 10.3. The number of H-pyrrole nitrogens is 2. The maximum Gasteiger partial charge on any atom is 0.279 e. The molecule has 3 aromatic rings. The molecule has 1 aliphatic rings. The number of hydrogen-bond acceptors (Lipinski definition) is 6. The number of likely N-dealkylation sites (tertiary alicyclic amines) is 1. The number of rotatable bonds is 8. The number of hydrogen-bond donors (Lipinski definition) is 4. The molecule has 1 saturated heterocycles. The van der Waals surface area contributed by atoms with Crippen LogP contribution in [0.2, 0.25) is 0 Å². The Bertz CT molecular complexity index is 1020. The minimum atomic E-state index is -0.760. The molecule has 10 nitrogen and oxygen atoms in total. The Balaban J connectivity index is 1.37. The molecule has 29 heavy (non-hydrogen) atoms. The Morgan fingerprint density at radius 1 is 1.28 bits per heavy atom. The number of nitrogens with two attached hydrogens (primary N) is 1. The summed E-state index contributed by atoms with van der Waals surface area (Å²) in [6.07, 6.45) is 4.80. The zero-order chi connectivity index (χ0) is 20.2. The van der Waals surface area contributed by atoms with Crippen molar-refractivity contribution in [2.45, 2.75) is 19.3 Å². The highest BCUT2D eigenvalue weighted by Gasteiger charge is 2.19. The average Bonchev–Trinajstić information content (AvgIpc) is 3.44. The minimum Gasteiger partial charge on any atom is -0.493 e. The summed E-state index contributed by atoms with van der Waals surface area (Å²) < 4.78 is 5.84. The molecule has 0 atom stereocenters. The first-order valence-corrected chi connectivity index (χ1v) is 9.59. The first-order chi connectivity index (χ1) is 14.1. The van der Waals surface area contributed by atoms with Crippen molar-refractivity contribution < 1.29 is 14.3 Å². The summed E-state index contributed by atoms with van der Waals surface area (Å²) in [4.78, 5) is 39.9. The third-order valence-electron chi connectivity index (χ3n) is 4.87. The molecular formula is C19H23N7O3. The van der Waals surface area contributed by atoms with Crippen LogP contribution in [-0.4, -0.2) is 62.9 Å². The fourth-order valence-corrected chi connectivity index (χ4v) is 3.44. The number of fused-ring (bicyclic) bond motifs is 1. The molecule has 0 radical (unpaired) electrons. The van der Waals surface area contributed by atoms with Crippen LogP contribution < -0.4 is 15.8 Å². The summed E-state index contributed by atoms with van der Waals surface area (Å²) >= 11 is 0.